The second-order valence-corrected chi connectivity index (χ2v) is 5.15. The number of carboxylic acids is 1. The molecular weight excluding hydrogens is 278 g/mol. The van der Waals surface area contributed by atoms with E-state index in [2.05, 4.69) is 24.0 Å². The number of carbonyl (C=O) groups excluding carboxylic acids is 1. The van der Waals surface area contributed by atoms with Gasteiger partial charge in [0, 0.05) is 33.4 Å². The van der Waals surface area contributed by atoms with Crippen molar-refractivity contribution in [3.63, 3.8) is 0 Å². The number of hydrogen-bond donors (Lipinski definition) is 2. The van der Waals surface area contributed by atoms with Crippen LogP contribution in [0.3, 0.4) is 0 Å². The Balaban J connectivity index is 2.09. The highest BCUT2D eigenvalue weighted by atomic mass is 16.4. The quantitative estimate of drug-likeness (QED) is 0.569. The minimum absolute atomic E-state index is 0.322. The summed E-state index contributed by atoms with van der Waals surface area (Å²) in [7, 11) is 0. The molecule has 0 atom stereocenters. The van der Waals surface area contributed by atoms with E-state index in [0.29, 0.717) is 5.56 Å². The van der Waals surface area contributed by atoms with Crippen LogP contribution in [-0.4, -0.2) is 21.8 Å². The molecule has 0 saturated heterocycles. The average Bonchev–Trinajstić information content (AvgIpc) is 2.89. The summed E-state index contributed by atoms with van der Waals surface area (Å²) in [4.78, 5) is 25.7. The van der Waals surface area contributed by atoms with Crippen molar-refractivity contribution in [2.75, 3.05) is 0 Å². The molecule has 0 aliphatic heterocycles. The largest absolute Gasteiger partial charge is 0.478 e. The van der Waals surface area contributed by atoms with E-state index in [-0.39, 0.29) is 5.78 Å². The smallest absolute Gasteiger partial charge is 0.328 e. The van der Waals surface area contributed by atoms with Crippen LogP contribution in [0, 0.1) is 0 Å². The lowest BCUT2D eigenvalue weighted by molar-refractivity contribution is -0.131. The Hall–Kier alpha value is -2.88. The molecule has 0 unspecified atom stereocenters. The number of ketones is 1. The van der Waals surface area contributed by atoms with Gasteiger partial charge < -0.3 is 10.1 Å². The van der Waals surface area contributed by atoms with Crippen molar-refractivity contribution in [1.82, 2.24) is 4.98 Å². The Kier molecular flexibility index (Phi) is 3.51. The number of allylic oxidation sites excluding steroid dienone is 1. The maximum Gasteiger partial charge on any atom is 0.328 e. The molecule has 4 nitrogen and oxygen atoms in total. The minimum atomic E-state index is -1.13. The number of aryl methyl sites for hydroxylation is 1. The molecular formula is C18H15NO3. The maximum absolute atomic E-state index is 11.9. The van der Waals surface area contributed by atoms with Gasteiger partial charge in [0.05, 0.1) is 0 Å². The first-order valence-corrected chi connectivity index (χ1v) is 7.08. The van der Waals surface area contributed by atoms with Gasteiger partial charge in [-0.05, 0) is 36.3 Å². The van der Waals surface area contributed by atoms with Crippen molar-refractivity contribution in [3.8, 4) is 0 Å². The summed E-state index contributed by atoms with van der Waals surface area (Å²) in [5, 5.41) is 10.8. The zero-order valence-electron chi connectivity index (χ0n) is 12.1. The van der Waals surface area contributed by atoms with Gasteiger partial charge in [-0.2, -0.15) is 0 Å². The molecule has 1 aromatic heterocycles. The Morgan fingerprint density at radius 3 is 2.59 bits per heavy atom. The molecule has 2 N–H and O–H groups in total. The molecule has 4 heteroatoms. The van der Waals surface area contributed by atoms with Gasteiger partial charge in [0.15, 0.2) is 5.78 Å². The van der Waals surface area contributed by atoms with Gasteiger partial charge in [0.2, 0.25) is 0 Å². The Labute approximate surface area is 127 Å². The summed E-state index contributed by atoms with van der Waals surface area (Å²) in [6.07, 6.45) is 2.89. The SMILES string of the molecule is CCc1ccc2[nH]c3cc(C(=O)C=CC(=O)O)ccc3c2c1. The monoisotopic (exact) mass is 293 g/mol. The van der Waals surface area contributed by atoms with Gasteiger partial charge in [-0.25, -0.2) is 4.79 Å². The number of aromatic nitrogens is 1. The average molecular weight is 293 g/mol. The van der Waals surface area contributed by atoms with Gasteiger partial charge >= 0.3 is 5.97 Å². The lowest BCUT2D eigenvalue weighted by Gasteiger charge is -1.98. The van der Waals surface area contributed by atoms with E-state index in [0.717, 1.165) is 40.4 Å². The van der Waals surface area contributed by atoms with Crippen LogP contribution in [0.15, 0.2) is 48.6 Å². The summed E-state index contributed by atoms with van der Waals surface area (Å²) >= 11 is 0. The van der Waals surface area contributed by atoms with Gasteiger partial charge in [0.1, 0.15) is 0 Å². The number of carbonyl (C=O) groups is 2. The molecule has 0 aliphatic rings. The predicted molar refractivity (Wildman–Crippen MR) is 86.3 cm³/mol. The van der Waals surface area contributed by atoms with Crippen LogP contribution in [-0.2, 0) is 11.2 Å². The van der Waals surface area contributed by atoms with Crippen LogP contribution >= 0.6 is 0 Å². The van der Waals surface area contributed by atoms with E-state index in [4.69, 9.17) is 5.11 Å². The van der Waals surface area contributed by atoms with Crippen LogP contribution in [0.4, 0.5) is 0 Å². The first-order chi connectivity index (χ1) is 10.6. The second kappa shape index (κ2) is 5.48. The van der Waals surface area contributed by atoms with Crippen LogP contribution in [0.5, 0.6) is 0 Å². The van der Waals surface area contributed by atoms with Crippen molar-refractivity contribution >= 4 is 33.6 Å². The van der Waals surface area contributed by atoms with Crippen LogP contribution < -0.4 is 0 Å². The summed E-state index contributed by atoms with van der Waals surface area (Å²) in [6, 6.07) is 11.7. The highest BCUT2D eigenvalue weighted by Gasteiger charge is 2.08. The molecule has 1 heterocycles. The van der Waals surface area contributed by atoms with E-state index in [9.17, 15) is 9.59 Å². The third-order valence-corrected chi connectivity index (χ3v) is 3.73. The number of aliphatic carboxylic acids is 1. The molecule has 0 amide bonds. The fraction of sp³-hybridized carbons (Fsp3) is 0.111. The summed E-state index contributed by atoms with van der Waals surface area (Å²) in [6.45, 7) is 2.11. The molecule has 0 fully saturated rings. The number of aromatic amines is 1. The molecule has 0 aliphatic carbocycles. The van der Waals surface area contributed by atoms with Crippen molar-refractivity contribution in [3.05, 3.63) is 59.7 Å². The van der Waals surface area contributed by atoms with Crippen LogP contribution in [0.25, 0.3) is 21.8 Å². The van der Waals surface area contributed by atoms with E-state index in [1.165, 1.54) is 5.56 Å². The van der Waals surface area contributed by atoms with E-state index in [1.807, 2.05) is 12.1 Å². The molecule has 0 spiro atoms. The lowest BCUT2D eigenvalue weighted by Crippen LogP contribution is -1.96. The lowest BCUT2D eigenvalue weighted by atomic mass is 10.0. The number of fused-ring (bicyclic) bond motifs is 3. The number of carboxylic acid groups (broad SMARTS) is 1. The number of nitrogens with one attached hydrogen (secondary N) is 1. The Morgan fingerprint density at radius 2 is 1.86 bits per heavy atom. The first kappa shape index (κ1) is 14.1. The van der Waals surface area contributed by atoms with Crippen molar-refractivity contribution in [1.29, 1.82) is 0 Å². The molecule has 0 bridgehead atoms. The topological polar surface area (TPSA) is 70.2 Å². The molecule has 3 aromatic rings. The highest BCUT2D eigenvalue weighted by molar-refractivity contribution is 6.12. The normalized spacial score (nSPS) is 11.5. The fourth-order valence-electron chi connectivity index (χ4n) is 2.57. The number of rotatable bonds is 4. The summed E-state index contributed by atoms with van der Waals surface area (Å²) in [5.74, 6) is -1.45. The first-order valence-electron chi connectivity index (χ1n) is 7.08. The number of H-pyrrole nitrogens is 1. The van der Waals surface area contributed by atoms with Crippen LogP contribution in [0.1, 0.15) is 22.8 Å². The zero-order valence-corrected chi connectivity index (χ0v) is 12.1. The van der Waals surface area contributed by atoms with Gasteiger partial charge in [-0.3, -0.25) is 4.79 Å². The van der Waals surface area contributed by atoms with Gasteiger partial charge in [-0.1, -0.05) is 25.1 Å². The number of benzene rings is 2. The summed E-state index contributed by atoms with van der Waals surface area (Å²) < 4.78 is 0. The van der Waals surface area contributed by atoms with Crippen molar-refractivity contribution in [2.45, 2.75) is 13.3 Å². The molecule has 0 radical (unpaired) electrons. The predicted octanol–water partition coefficient (Wildman–Crippen LogP) is 3.71. The molecule has 2 aromatic carbocycles. The third-order valence-electron chi connectivity index (χ3n) is 3.73. The highest BCUT2D eigenvalue weighted by Crippen LogP contribution is 2.27. The van der Waals surface area contributed by atoms with Crippen molar-refractivity contribution < 1.29 is 14.7 Å². The van der Waals surface area contributed by atoms with E-state index < -0.39 is 5.97 Å². The van der Waals surface area contributed by atoms with Crippen LogP contribution in [0.2, 0.25) is 0 Å². The zero-order chi connectivity index (χ0) is 15.7. The molecule has 0 saturated carbocycles. The molecule has 22 heavy (non-hydrogen) atoms. The standard InChI is InChI=1S/C18H15NO3/c1-2-11-3-6-15-14(9-11)13-5-4-12(10-16(13)19-15)17(20)7-8-18(21)22/h3-10,19H,2H2,1H3,(H,21,22). The minimum Gasteiger partial charge on any atom is -0.478 e. The number of hydrogen-bond acceptors (Lipinski definition) is 2. The Bertz CT molecular complexity index is 919. The summed E-state index contributed by atoms with van der Waals surface area (Å²) in [5.41, 5.74) is 3.63. The van der Waals surface area contributed by atoms with Gasteiger partial charge in [0.25, 0.3) is 0 Å². The van der Waals surface area contributed by atoms with E-state index in [1.54, 1.807) is 12.1 Å². The fourth-order valence-corrected chi connectivity index (χ4v) is 2.57. The van der Waals surface area contributed by atoms with Gasteiger partial charge in [-0.15, -0.1) is 0 Å². The second-order valence-electron chi connectivity index (χ2n) is 5.15. The molecule has 3 rings (SSSR count). The Morgan fingerprint density at radius 1 is 1.05 bits per heavy atom. The maximum atomic E-state index is 11.9. The van der Waals surface area contributed by atoms with Crippen molar-refractivity contribution in [2.24, 2.45) is 0 Å². The molecule has 110 valence electrons. The third kappa shape index (κ3) is 2.51. The van der Waals surface area contributed by atoms with E-state index >= 15 is 0 Å².